The van der Waals surface area contributed by atoms with Gasteiger partial charge in [-0.2, -0.15) is 0 Å². The average Bonchev–Trinajstić information content (AvgIpc) is 2.89. The van der Waals surface area contributed by atoms with Crippen LogP contribution in [0.25, 0.3) is 0 Å². The fraction of sp³-hybridized carbons (Fsp3) is 0.647. The first-order valence-electron chi connectivity index (χ1n) is 8.25. The molecule has 0 unspecified atom stereocenters. The molecule has 0 radical (unpaired) electrons. The molecule has 6 heteroatoms. The number of ether oxygens (including phenoxy) is 1. The van der Waals surface area contributed by atoms with E-state index in [0.717, 1.165) is 30.5 Å². The third-order valence-corrected chi connectivity index (χ3v) is 4.27. The van der Waals surface area contributed by atoms with E-state index < -0.39 is 0 Å². The summed E-state index contributed by atoms with van der Waals surface area (Å²) in [5, 5.41) is 2.94. The summed E-state index contributed by atoms with van der Waals surface area (Å²) in [6.07, 6.45) is 2.50. The number of hydrogen-bond donors (Lipinski definition) is 2. The second kappa shape index (κ2) is 8.15. The number of aromatic nitrogens is 1. The van der Waals surface area contributed by atoms with Gasteiger partial charge in [0.05, 0.1) is 5.92 Å². The summed E-state index contributed by atoms with van der Waals surface area (Å²) in [7, 11) is 1.65. The Balaban J connectivity index is 1.91. The zero-order chi connectivity index (χ0) is 16.8. The lowest BCUT2D eigenvalue weighted by atomic mass is 9.96. The molecule has 2 amide bonds. The smallest absolute Gasteiger partial charge is 0.270 e. The number of nitrogens with zero attached hydrogens (tertiary/aromatic N) is 1. The molecule has 0 aromatic carbocycles. The van der Waals surface area contributed by atoms with Gasteiger partial charge >= 0.3 is 0 Å². The number of H-pyrrole nitrogens is 1. The van der Waals surface area contributed by atoms with Gasteiger partial charge in [-0.25, -0.2) is 0 Å². The number of methoxy groups -OCH3 is 1. The maximum Gasteiger partial charge on any atom is 0.270 e. The molecule has 2 rings (SSSR count). The molecule has 0 saturated carbocycles. The number of carbonyl (C=O) groups is 2. The maximum atomic E-state index is 12.6. The number of piperidine rings is 1. The van der Waals surface area contributed by atoms with Crippen molar-refractivity contribution in [3.05, 3.63) is 23.0 Å². The normalized spacial score (nSPS) is 18.0. The third-order valence-electron chi connectivity index (χ3n) is 4.27. The number of hydrogen-bond acceptors (Lipinski definition) is 3. The molecule has 1 saturated heterocycles. The van der Waals surface area contributed by atoms with Gasteiger partial charge in [-0.3, -0.25) is 9.59 Å². The van der Waals surface area contributed by atoms with Gasteiger partial charge in [0.25, 0.3) is 5.91 Å². The summed E-state index contributed by atoms with van der Waals surface area (Å²) < 4.78 is 4.97. The summed E-state index contributed by atoms with van der Waals surface area (Å²) in [6.45, 7) is 6.33. The van der Waals surface area contributed by atoms with Gasteiger partial charge in [0, 0.05) is 39.0 Å². The van der Waals surface area contributed by atoms with Crippen LogP contribution >= 0.6 is 0 Å². The van der Waals surface area contributed by atoms with Gasteiger partial charge in [0.15, 0.2) is 0 Å². The van der Waals surface area contributed by atoms with E-state index in [4.69, 9.17) is 4.74 Å². The van der Waals surface area contributed by atoms with Gasteiger partial charge in [-0.15, -0.1) is 0 Å². The fourth-order valence-electron chi connectivity index (χ4n) is 3.06. The summed E-state index contributed by atoms with van der Waals surface area (Å²) in [6, 6.07) is 1.97. The van der Waals surface area contributed by atoms with Crippen molar-refractivity contribution in [1.82, 2.24) is 15.2 Å². The Labute approximate surface area is 137 Å². The number of amides is 2. The Morgan fingerprint density at radius 1 is 1.43 bits per heavy atom. The summed E-state index contributed by atoms with van der Waals surface area (Å²) in [4.78, 5) is 29.8. The first kappa shape index (κ1) is 17.5. The Morgan fingerprint density at radius 3 is 2.87 bits per heavy atom. The van der Waals surface area contributed by atoms with Crippen molar-refractivity contribution >= 4 is 11.8 Å². The highest BCUT2D eigenvalue weighted by Crippen LogP contribution is 2.20. The minimum Gasteiger partial charge on any atom is -0.385 e. The molecule has 0 bridgehead atoms. The molecular formula is C17H27N3O3. The van der Waals surface area contributed by atoms with E-state index in [2.05, 4.69) is 10.3 Å². The lowest BCUT2D eigenvalue weighted by Gasteiger charge is -2.32. The van der Waals surface area contributed by atoms with Gasteiger partial charge in [0.2, 0.25) is 5.91 Å². The Hall–Kier alpha value is -1.82. The predicted molar refractivity (Wildman–Crippen MR) is 88.4 cm³/mol. The van der Waals surface area contributed by atoms with Crippen LogP contribution in [0.3, 0.4) is 0 Å². The molecule has 1 aliphatic rings. The van der Waals surface area contributed by atoms with Crippen molar-refractivity contribution in [2.24, 2.45) is 5.92 Å². The van der Waals surface area contributed by atoms with E-state index in [1.807, 2.05) is 19.9 Å². The van der Waals surface area contributed by atoms with Crippen LogP contribution in [-0.4, -0.2) is 55.0 Å². The maximum absolute atomic E-state index is 12.6. The first-order valence-corrected chi connectivity index (χ1v) is 8.25. The quantitative estimate of drug-likeness (QED) is 0.782. The number of carbonyl (C=O) groups excluding carboxylic acids is 2. The topological polar surface area (TPSA) is 74.4 Å². The Bertz CT molecular complexity index is 553. The molecule has 1 aliphatic heterocycles. The monoisotopic (exact) mass is 321 g/mol. The highest BCUT2D eigenvalue weighted by molar-refractivity contribution is 5.94. The van der Waals surface area contributed by atoms with Crippen molar-refractivity contribution in [2.75, 3.05) is 33.4 Å². The summed E-state index contributed by atoms with van der Waals surface area (Å²) >= 11 is 0. The highest BCUT2D eigenvalue weighted by atomic mass is 16.5. The molecule has 0 aliphatic carbocycles. The van der Waals surface area contributed by atoms with E-state index in [9.17, 15) is 9.59 Å². The Morgan fingerprint density at radius 2 is 2.22 bits per heavy atom. The second-order valence-corrected chi connectivity index (χ2v) is 6.24. The third kappa shape index (κ3) is 4.58. The highest BCUT2D eigenvalue weighted by Gasteiger charge is 2.29. The van der Waals surface area contributed by atoms with Crippen LogP contribution in [-0.2, 0) is 9.53 Å². The van der Waals surface area contributed by atoms with Crippen LogP contribution in [0.15, 0.2) is 6.07 Å². The number of likely N-dealkylation sites (tertiary alicyclic amines) is 1. The van der Waals surface area contributed by atoms with Crippen LogP contribution in [0, 0.1) is 19.8 Å². The van der Waals surface area contributed by atoms with Crippen LogP contribution in [0.2, 0.25) is 0 Å². The molecular weight excluding hydrogens is 294 g/mol. The van der Waals surface area contributed by atoms with Crippen molar-refractivity contribution in [3.8, 4) is 0 Å². The molecule has 1 aromatic heterocycles. The van der Waals surface area contributed by atoms with Gasteiger partial charge < -0.3 is 19.9 Å². The summed E-state index contributed by atoms with van der Waals surface area (Å²) in [5.74, 6) is -0.0860. The van der Waals surface area contributed by atoms with E-state index in [-0.39, 0.29) is 17.7 Å². The summed E-state index contributed by atoms with van der Waals surface area (Å²) in [5.41, 5.74) is 2.58. The lowest BCUT2D eigenvalue weighted by Crippen LogP contribution is -2.45. The number of nitrogens with one attached hydrogen (secondary N) is 2. The van der Waals surface area contributed by atoms with Crippen LogP contribution < -0.4 is 5.32 Å². The largest absolute Gasteiger partial charge is 0.385 e. The molecule has 1 atom stereocenters. The van der Waals surface area contributed by atoms with E-state index >= 15 is 0 Å². The standard InChI is InChI=1S/C17H27N3O3/c1-12-10-13(2)19-15(12)17(22)20-8-4-6-14(11-20)16(21)18-7-5-9-23-3/h10,14,19H,4-9,11H2,1-3H3,(H,18,21)/t14-/m0/s1. The van der Waals surface area contributed by atoms with Crippen LogP contribution in [0.1, 0.15) is 41.0 Å². The second-order valence-electron chi connectivity index (χ2n) is 6.24. The molecule has 6 nitrogen and oxygen atoms in total. The molecule has 128 valence electrons. The number of aromatic amines is 1. The average molecular weight is 321 g/mol. The minimum absolute atomic E-state index is 0.00696. The van der Waals surface area contributed by atoms with E-state index in [1.165, 1.54) is 0 Å². The molecule has 23 heavy (non-hydrogen) atoms. The van der Waals surface area contributed by atoms with Crippen molar-refractivity contribution in [3.63, 3.8) is 0 Å². The van der Waals surface area contributed by atoms with Crippen molar-refractivity contribution in [1.29, 1.82) is 0 Å². The van der Waals surface area contributed by atoms with Gasteiger partial charge in [-0.05, 0) is 44.7 Å². The molecule has 0 spiro atoms. The fourth-order valence-corrected chi connectivity index (χ4v) is 3.06. The molecule has 2 N–H and O–H groups in total. The predicted octanol–water partition coefficient (Wildman–Crippen LogP) is 1.64. The lowest BCUT2D eigenvalue weighted by molar-refractivity contribution is -0.126. The molecule has 2 heterocycles. The van der Waals surface area contributed by atoms with E-state index in [0.29, 0.717) is 31.9 Å². The molecule has 1 aromatic rings. The zero-order valence-electron chi connectivity index (χ0n) is 14.3. The number of rotatable bonds is 6. The Kier molecular flexibility index (Phi) is 6.21. The van der Waals surface area contributed by atoms with Crippen LogP contribution in [0.5, 0.6) is 0 Å². The zero-order valence-corrected chi connectivity index (χ0v) is 14.3. The molecule has 1 fully saturated rings. The van der Waals surface area contributed by atoms with E-state index in [1.54, 1.807) is 12.0 Å². The minimum atomic E-state index is -0.119. The van der Waals surface area contributed by atoms with Crippen molar-refractivity contribution < 1.29 is 14.3 Å². The number of aryl methyl sites for hydroxylation is 2. The van der Waals surface area contributed by atoms with Crippen molar-refractivity contribution in [2.45, 2.75) is 33.1 Å². The first-order chi connectivity index (χ1) is 11.0. The van der Waals surface area contributed by atoms with Crippen LogP contribution in [0.4, 0.5) is 0 Å². The SMILES string of the molecule is COCCCNC(=O)[C@H]1CCCN(C(=O)c2[nH]c(C)cc2C)C1. The van der Waals surface area contributed by atoms with Gasteiger partial charge in [-0.1, -0.05) is 0 Å². The van der Waals surface area contributed by atoms with Gasteiger partial charge in [0.1, 0.15) is 5.69 Å².